The lowest BCUT2D eigenvalue weighted by Crippen LogP contribution is -2.25. The number of rotatable bonds is 2. The Morgan fingerprint density at radius 3 is 2.40 bits per heavy atom. The van der Waals surface area contributed by atoms with Crippen molar-refractivity contribution in [2.24, 2.45) is 11.1 Å². The quantitative estimate of drug-likeness (QED) is 0.805. The first-order chi connectivity index (χ1) is 6.90. The SMILES string of the molecule is COc1cc(C2(N)CC2(C)C)ccc1C. The molecule has 0 amide bonds. The Kier molecular flexibility index (Phi) is 2.09. The van der Waals surface area contributed by atoms with Crippen molar-refractivity contribution in [3.63, 3.8) is 0 Å². The fourth-order valence-corrected chi connectivity index (χ4v) is 2.24. The number of nitrogens with two attached hydrogens (primary N) is 1. The Balaban J connectivity index is 2.40. The molecule has 1 aliphatic carbocycles. The minimum Gasteiger partial charge on any atom is -0.496 e. The lowest BCUT2D eigenvalue weighted by atomic mass is 9.96. The monoisotopic (exact) mass is 205 g/mol. The third-order valence-electron chi connectivity index (χ3n) is 3.73. The largest absolute Gasteiger partial charge is 0.496 e. The summed E-state index contributed by atoms with van der Waals surface area (Å²) in [6.07, 6.45) is 1.05. The second-order valence-electron chi connectivity index (χ2n) is 5.22. The molecule has 0 aliphatic heterocycles. The van der Waals surface area contributed by atoms with Crippen molar-refractivity contribution in [2.45, 2.75) is 32.7 Å². The summed E-state index contributed by atoms with van der Waals surface area (Å²) in [7, 11) is 1.70. The van der Waals surface area contributed by atoms with Gasteiger partial charge in [0.15, 0.2) is 0 Å². The van der Waals surface area contributed by atoms with Crippen molar-refractivity contribution < 1.29 is 4.74 Å². The highest BCUT2D eigenvalue weighted by molar-refractivity contribution is 5.43. The maximum atomic E-state index is 6.36. The van der Waals surface area contributed by atoms with Gasteiger partial charge in [0.25, 0.3) is 0 Å². The normalized spacial score (nSPS) is 27.5. The van der Waals surface area contributed by atoms with Crippen LogP contribution in [0.25, 0.3) is 0 Å². The van der Waals surface area contributed by atoms with Crippen LogP contribution in [0.1, 0.15) is 31.4 Å². The summed E-state index contributed by atoms with van der Waals surface area (Å²) in [5.41, 5.74) is 8.77. The summed E-state index contributed by atoms with van der Waals surface area (Å²) < 4.78 is 5.32. The Morgan fingerprint density at radius 1 is 1.33 bits per heavy atom. The van der Waals surface area contributed by atoms with Crippen LogP contribution in [0.4, 0.5) is 0 Å². The summed E-state index contributed by atoms with van der Waals surface area (Å²) >= 11 is 0. The number of ether oxygens (including phenoxy) is 1. The van der Waals surface area contributed by atoms with Gasteiger partial charge in [0.05, 0.1) is 7.11 Å². The summed E-state index contributed by atoms with van der Waals surface area (Å²) in [6, 6.07) is 6.27. The number of hydrogen-bond acceptors (Lipinski definition) is 2. The molecule has 0 radical (unpaired) electrons. The number of methoxy groups -OCH3 is 1. The average molecular weight is 205 g/mol. The maximum absolute atomic E-state index is 6.36. The van der Waals surface area contributed by atoms with Crippen LogP contribution in [0.2, 0.25) is 0 Å². The summed E-state index contributed by atoms with van der Waals surface area (Å²) in [6.45, 7) is 6.46. The summed E-state index contributed by atoms with van der Waals surface area (Å²) in [5.74, 6) is 0.931. The molecule has 0 saturated heterocycles. The van der Waals surface area contributed by atoms with E-state index in [0.29, 0.717) is 0 Å². The standard InChI is InChI=1S/C13H19NO/c1-9-5-6-10(7-11(9)15-4)13(14)8-12(13,2)3/h5-7H,8,14H2,1-4H3. The van der Waals surface area contributed by atoms with Crippen LogP contribution in [0.3, 0.4) is 0 Å². The van der Waals surface area contributed by atoms with E-state index >= 15 is 0 Å². The molecule has 0 heterocycles. The molecule has 1 aromatic rings. The van der Waals surface area contributed by atoms with Gasteiger partial charge in [0.1, 0.15) is 5.75 Å². The topological polar surface area (TPSA) is 35.2 Å². The first-order valence-electron chi connectivity index (χ1n) is 5.35. The van der Waals surface area contributed by atoms with Crippen molar-refractivity contribution in [2.75, 3.05) is 7.11 Å². The molecule has 2 heteroatoms. The van der Waals surface area contributed by atoms with Gasteiger partial charge < -0.3 is 10.5 Å². The van der Waals surface area contributed by atoms with Crippen LogP contribution in [0.5, 0.6) is 5.75 Å². The molecule has 1 unspecified atom stereocenters. The van der Waals surface area contributed by atoms with Gasteiger partial charge in [-0.3, -0.25) is 0 Å². The molecule has 1 aromatic carbocycles. The molecular weight excluding hydrogens is 186 g/mol. The van der Waals surface area contributed by atoms with E-state index in [9.17, 15) is 0 Å². The van der Waals surface area contributed by atoms with E-state index in [2.05, 4.69) is 32.0 Å². The van der Waals surface area contributed by atoms with Gasteiger partial charge in [-0.25, -0.2) is 0 Å². The highest BCUT2D eigenvalue weighted by atomic mass is 16.5. The molecule has 1 saturated carbocycles. The molecule has 15 heavy (non-hydrogen) atoms. The van der Waals surface area contributed by atoms with Crippen LogP contribution in [-0.2, 0) is 5.54 Å². The van der Waals surface area contributed by atoms with E-state index in [0.717, 1.165) is 17.7 Å². The predicted molar refractivity (Wildman–Crippen MR) is 62.0 cm³/mol. The minimum atomic E-state index is -0.159. The van der Waals surface area contributed by atoms with Crippen molar-refractivity contribution in [3.05, 3.63) is 29.3 Å². The second kappa shape index (κ2) is 2.99. The van der Waals surface area contributed by atoms with Gasteiger partial charge >= 0.3 is 0 Å². The van der Waals surface area contributed by atoms with Crippen LogP contribution in [0, 0.1) is 12.3 Å². The molecule has 2 N–H and O–H groups in total. The van der Waals surface area contributed by atoms with Crippen LogP contribution in [0.15, 0.2) is 18.2 Å². The lowest BCUT2D eigenvalue weighted by molar-refractivity contribution is 0.409. The molecule has 1 aliphatic rings. The first-order valence-corrected chi connectivity index (χ1v) is 5.35. The van der Waals surface area contributed by atoms with E-state index in [1.54, 1.807) is 7.11 Å². The minimum absolute atomic E-state index is 0.159. The van der Waals surface area contributed by atoms with E-state index in [1.165, 1.54) is 5.56 Å². The van der Waals surface area contributed by atoms with E-state index in [4.69, 9.17) is 10.5 Å². The van der Waals surface area contributed by atoms with Gasteiger partial charge in [-0.1, -0.05) is 26.0 Å². The van der Waals surface area contributed by atoms with Gasteiger partial charge in [-0.05, 0) is 36.0 Å². The molecule has 2 rings (SSSR count). The molecule has 1 fully saturated rings. The van der Waals surface area contributed by atoms with E-state index < -0.39 is 0 Å². The Hall–Kier alpha value is -1.02. The highest BCUT2D eigenvalue weighted by Crippen LogP contribution is 2.60. The van der Waals surface area contributed by atoms with Crippen molar-refractivity contribution in [3.8, 4) is 5.75 Å². The third kappa shape index (κ3) is 1.44. The summed E-state index contributed by atoms with van der Waals surface area (Å²) in [4.78, 5) is 0. The zero-order valence-electron chi connectivity index (χ0n) is 9.92. The zero-order valence-corrected chi connectivity index (χ0v) is 9.92. The molecular formula is C13H19NO. The van der Waals surface area contributed by atoms with Crippen molar-refractivity contribution in [1.29, 1.82) is 0 Å². The van der Waals surface area contributed by atoms with Crippen LogP contribution in [-0.4, -0.2) is 7.11 Å². The molecule has 0 spiro atoms. The maximum Gasteiger partial charge on any atom is 0.122 e. The van der Waals surface area contributed by atoms with Crippen LogP contribution >= 0.6 is 0 Å². The van der Waals surface area contributed by atoms with Gasteiger partial charge in [0, 0.05) is 5.54 Å². The fraction of sp³-hybridized carbons (Fsp3) is 0.538. The molecule has 1 atom stereocenters. The van der Waals surface area contributed by atoms with Crippen LogP contribution < -0.4 is 10.5 Å². The molecule has 0 bridgehead atoms. The van der Waals surface area contributed by atoms with Crippen molar-refractivity contribution in [1.82, 2.24) is 0 Å². The third-order valence-corrected chi connectivity index (χ3v) is 3.73. The average Bonchev–Trinajstić information content (AvgIpc) is 2.68. The Morgan fingerprint density at radius 2 is 1.93 bits per heavy atom. The lowest BCUT2D eigenvalue weighted by Gasteiger charge is -2.17. The Labute approximate surface area is 91.4 Å². The molecule has 2 nitrogen and oxygen atoms in total. The zero-order chi connectivity index (χ0) is 11.3. The molecule has 82 valence electrons. The molecule has 0 aromatic heterocycles. The first kappa shape index (κ1) is 10.5. The van der Waals surface area contributed by atoms with E-state index in [-0.39, 0.29) is 11.0 Å². The van der Waals surface area contributed by atoms with Crippen molar-refractivity contribution >= 4 is 0 Å². The van der Waals surface area contributed by atoms with E-state index in [1.807, 2.05) is 6.92 Å². The fourth-order valence-electron chi connectivity index (χ4n) is 2.24. The predicted octanol–water partition coefficient (Wildman–Crippen LogP) is 2.59. The smallest absolute Gasteiger partial charge is 0.122 e. The second-order valence-corrected chi connectivity index (χ2v) is 5.22. The number of aryl methyl sites for hydroxylation is 1. The van der Waals surface area contributed by atoms with Gasteiger partial charge in [-0.15, -0.1) is 0 Å². The highest BCUT2D eigenvalue weighted by Gasteiger charge is 2.59. The van der Waals surface area contributed by atoms with Gasteiger partial charge in [-0.2, -0.15) is 0 Å². The number of hydrogen-bond donors (Lipinski definition) is 1. The Bertz CT molecular complexity index is 398. The number of benzene rings is 1. The van der Waals surface area contributed by atoms with Gasteiger partial charge in [0.2, 0.25) is 0 Å². The summed E-state index contributed by atoms with van der Waals surface area (Å²) in [5, 5.41) is 0.